The summed E-state index contributed by atoms with van der Waals surface area (Å²) in [6.07, 6.45) is 0. The average Bonchev–Trinajstić information content (AvgIpc) is 2.55. The normalized spacial score (nSPS) is 10.4. The van der Waals surface area contributed by atoms with Crippen LogP contribution < -0.4 is 5.73 Å². The molecule has 0 saturated heterocycles. The maximum absolute atomic E-state index is 10.7. The molecular weight excluding hydrogens is 282 g/mol. The van der Waals surface area contributed by atoms with Crippen LogP contribution in [-0.4, -0.2) is 19.9 Å². The van der Waals surface area contributed by atoms with Crippen LogP contribution in [0.4, 0.5) is 11.6 Å². The van der Waals surface area contributed by atoms with Gasteiger partial charge in [0, 0.05) is 23.3 Å². The lowest BCUT2D eigenvalue weighted by atomic mass is 10.2. The third-order valence-electron chi connectivity index (χ3n) is 3.02. The van der Waals surface area contributed by atoms with E-state index in [9.17, 15) is 10.1 Å². The first kappa shape index (κ1) is 13.6. The van der Waals surface area contributed by atoms with Crippen LogP contribution in [0.3, 0.4) is 0 Å². The van der Waals surface area contributed by atoms with Crippen LogP contribution in [0.15, 0.2) is 54.6 Å². The zero-order valence-electron chi connectivity index (χ0n) is 11.4. The van der Waals surface area contributed by atoms with Crippen molar-refractivity contribution in [2.24, 2.45) is 0 Å². The number of non-ortho nitro benzene ring substituents is 1. The first-order valence-corrected chi connectivity index (χ1v) is 6.45. The highest BCUT2D eigenvalue weighted by Crippen LogP contribution is 2.22. The van der Waals surface area contributed by atoms with Crippen LogP contribution in [0.25, 0.3) is 22.8 Å². The highest BCUT2D eigenvalue weighted by molar-refractivity contribution is 5.63. The number of nitro benzene ring substituents is 1. The zero-order chi connectivity index (χ0) is 15.5. The van der Waals surface area contributed by atoms with Crippen molar-refractivity contribution < 1.29 is 4.92 Å². The molecular formula is C15H11N5O2. The molecule has 0 amide bonds. The fourth-order valence-electron chi connectivity index (χ4n) is 1.97. The lowest BCUT2D eigenvalue weighted by Crippen LogP contribution is -2.02. The van der Waals surface area contributed by atoms with Crippen LogP contribution in [0.2, 0.25) is 0 Å². The van der Waals surface area contributed by atoms with E-state index in [0.717, 1.165) is 5.56 Å². The molecule has 2 aromatic carbocycles. The summed E-state index contributed by atoms with van der Waals surface area (Å²) in [6, 6.07) is 15.4. The van der Waals surface area contributed by atoms with Crippen LogP contribution in [-0.2, 0) is 0 Å². The predicted molar refractivity (Wildman–Crippen MR) is 81.8 cm³/mol. The molecule has 2 N–H and O–H groups in total. The first-order chi connectivity index (χ1) is 10.6. The molecule has 22 heavy (non-hydrogen) atoms. The Balaban J connectivity index is 2.04. The van der Waals surface area contributed by atoms with Gasteiger partial charge in [0.15, 0.2) is 11.6 Å². The first-order valence-electron chi connectivity index (χ1n) is 6.45. The number of nitrogens with two attached hydrogens (primary N) is 1. The molecule has 0 radical (unpaired) electrons. The van der Waals surface area contributed by atoms with E-state index in [4.69, 9.17) is 5.73 Å². The van der Waals surface area contributed by atoms with Crippen LogP contribution in [0, 0.1) is 10.1 Å². The SMILES string of the molecule is Nc1nc(-c2ccccc2)nc(-c2ccc([N+](=O)[O-])cc2)n1. The largest absolute Gasteiger partial charge is 0.368 e. The number of aromatic nitrogens is 3. The molecule has 0 unspecified atom stereocenters. The molecule has 3 rings (SSSR count). The Morgan fingerprint density at radius 3 is 1.91 bits per heavy atom. The number of rotatable bonds is 3. The molecule has 0 aliphatic heterocycles. The lowest BCUT2D eigenvalue weighted by Gasteiger charge is -2.05. The van der Waals surface area contributed by atoms with E-state index in [1.165, 1.54) is 12.1 Å². The van der Waals surface area contributed by atoms with Gasteiger partial charge >= 0.3 is 0 Å². The minimum atomic E-state index is -0.457. The summed E-state index contributed by atoms with van der Waals surface area (Å²) in [5, 5.41) is 10.7. The van der Waals surface area contributed by atoms with E-state index in [2.05, 4.69) is 15.0 Å². The molecule has 1 heterocycles. The van der Waals surface area contributed by atoms with E-state index >= 15 is 0 Å². The smallest absolute Gasteiger partial charge is 0.269 e. The van der Waals surface area contributed by atoms with Gasteiger partial charge in [-0.1, -0.05) is 30.3 Å². The molecule has 0 bridgehead atoms. The van der Waals surface area contributed by atoms with Crippen molar-refractivity contribution in [3.05, 3.63) is 64.7 Å². The Bertz CT molecular complexity index is 819. The van der Waals surface area contributed by atoms with Crippen molar-refractivity contribution in [2.75, 3.05) is 5.73 Å². The maximum atomic E-state index is 10.7. The summed E-state index contributed by atoms with van der Waals surface area (Å²) in [5.41, 5.74) is 7.21. The molecule has 0 fully saturated rings. The quantitative estimate of drug-likeness (QED) is 0.587. The highest BCUT2D eigenvalue weighted by atomic mass is 16.6. The van der Waals surface area contributed by atoms with Gasteiger partial charge in [-0.25, -0.2) is 4.98 Å². The van der Waals surface area contributed by atoms with Gasteiger partial charge in [0.2, 0.25) is 5.95 Å². The van der Waals surface area contributed by atoms with Crippen molar-refractivity contribution in [2.45, 2.75) is 0 Å². The third kappa shape index (κ3) is 2.73. The fraction of sp³-hybridized carbons (Fsp3) is 0. The zero-order valence-corrected chi connectivity index (χ0v) is 11.4. The Morgan fingerprint density at radius 2 is 1.36 bits per heavy atom. The second kappa shape index (κ2) is 5.57. The summed E-state index contributed by atoms with van der Waals surface area (Å²) in [4.78, 5) is 22.8. The van der Waals surface area contributed by atoms with E-state index in [1.54, 1.807) is 12.1 Å². The van der Waals surface area contributed by atoms with Gasteiger partial charge in [-0.3, -0.25) is 10.1 Å². The molecule has 7 nitrogen and oxygen atoms in total. The monoisotopic (exact) mass is 293 g/mol. The van der Waals surface area contributed by atoms with E-state index in [-0.39, 0.29) is 11.6 Å². The highest BCUT2D eigenvalue weighted by Gasteiger charge is 2.10. The van der Waals surface area contributed by atoms with E-state index in [1.807, 2.05) is 30.3 Å². The van der Waals surface area contributed by atoms with Gasteiger partial charge in [0.1, 0.15) is 0 Å². The molecule has 0 atom stereocenters. The second-order valence-corrected chi connectivity index (χ2v) is 4.51. The number of benzene rings is 2. The Kier molecular flexibility index (Phi) is 3.45. The van der Waals surface area contributed by atoms with Gasteiger partial charge < -0.3 is 5.73 Å². The molecule has 0 aliphatic rings. The predicted octanol–water partition coefficient (Wildman–Crippen LogP) is 2.70. The average molecular weight is 293 g/mol. The Labute approximate surface area is 125 Å². The summed E-state index contributed by atoms with van der Waals surface area (Å²) in [7, 11) is 0. The summed E-state index contributed by atoms with van der Waals surface area (Å²) >= 11 is 0. The summed E-state index contributed by atoms with van der Waals surface area (Å²) < 4.78 is 0. The lowest BCUT2D eigenvalue weighted by molar-refractivity contribution is -0.384. The standard InChI is InChI=1S/C15H11N5O2/c16-15-18-13(10-4-2-1-3-5-10)17-14(19-15)11-6-8-12(9-7-11)20(21)22/h1-9H,(H2,16,17,18,19). The van der Waals surface area contributed by atoms with Crippen molar-refractivity contribution >= 4 is 11.6 Å². The minimum absolute atomic E-state index is 0.00839. The molecule has 3 aromatic rings. The van der Waals surface area contributed by atoms with E-state index < -0.39 is 4.92 Å². The topological polar surface area (TPSA) is 108 Å². The van der Waals surface area contributed by atoms with Crippen molar-refractivity contribution in [3.63, 3.8) is 0 Å². The fourth-order valence-corrected chi connectivity index (χ4v) is 1.97. The minimum Gasteiger partial charge on any atom is -0.368 e. The van der Waals surface area contributed by atoms with Gasteiger partial charge in [0.25, 0.3) is 5.69 Å². The second-order valence-electron chi connectivity index (χ2n) is 4.51. The molecule has 7 heteroatoms. The van der Waals surface area contributed by atoms with Crippen LogP contribution in [0.5, 0.6) is 0 Å². The molecule has 0 spiro atoms. The number of nitrogens with zero attached hydrogens (tertiary/aromatic N) is 4. The summed E-state index contributed by atoms with van der Waals surface area (Å²) in [5.74, 6) is 0.935. The number of anilines is 1. The Hall–Kier alpha value is -3.35. The van der Waals surface area contributed by atoms with Crippen LogP contribution >= 0.6 is 0 Å². The van der Waals surface area contributed by atoms with Gasteiger partial charge in [-0.15, -0.1) is 0 Å². The van der Waals surface area contributed by atoms with Gasteiger partial charge in [-0.05, 0) is 12.1 Å². The van der Waals surface area contributed by atoms with Crippen molar-refractivity contribution in [1.29, 1.82) is 0 Å². The van der Waals surface area contributed by atoms with Gasteiger partial charge in [-0.2, -0.15) is 9.97 Å². The molecule has 108 valence electrons. The Morgan fingerprint density at radius 1 is 0.818 bits per heavy atom. The van der Waals surface area contributed by atoms with E-state index in [0.29, 0.717) is 17.2 Å². The number of nitro groups is 1. The van der Waals surface area contributed by atoms with Gasteiger partial charge in [0.05, 0.1) is 4.92 Å². The molecule has 0 saturated carbocycles. The number of nitrogen functional groups attached to an aromatic ring is 1. The third-order valence-corrected chi connectivity index (χ3v) is 3.02. The molecule has 1 aromatic heterocycles. The number of hydrogen-bond donors (Lipinski definition) is 1. The summed E-state index contributed by atoms with van der Waals surface area (Å²) in [6.45, 7) is 0. The van der Waals surface area contributed by atoms with Crippen molar-refractivity contribution in [1.82, 2.24) is 15.0 Å². The number of hydrogen-bond acceptors (Lipinski definition) is 6. The molecule has 0 aliphatic carbocycles. The van der Waals surface area contributed by atoms with Crippen molar-refractivity contribution in [3.8, 4) is 22.8 Å². The maximum Gasteiger partial charge on any atom is 0.269 e. The van der Waals surface area contributed by atoms with Crippen LogP contribution in [0.1, 0.15) is 0 Å².